The van der Waals surface area contributed by atoms with E-state index in [9.17, 15) is 0 Å². The Morgan fingerprint density at radius 1 is 0.905 bits per heavy atom. The summed E-state index contributed by atoms with van der Waals surface area (Å²) < 4.78 is 3.75. The first-order chi connectivity index (χ1) is 9.95. The van der Waals surface area contributed by atoms with Crippen molar-refractivity contribution >= 4 is 46.6 Å². The Kier molecular flexibility index (Phi) is 5.73. The monoisotopic (exact) mass is 360 g/mol. The second-order valence-electron chi connectivity index (χ2n) is 4.52. The summed E-state index contributed by atoms with van der Waals surface area (Å²) in [6.07, 6.45) is 2.03. The first-order valence-electron chi connectivity index (χ1n) is 6.30. The molecule has 0 aliphatic heterocycles. The van der Waals surface area contributed by atoms with E-state index in [4.69, 9.17) is 39.5 Å². The lowest BCUT2D eigenvalue weighted by atomic mass is 9.92. The average Bonchev–Trinajstić information content (AvgIpc) is 2.47. The smallest absolute Gasteiger partial charge is 0.201 e. The highest BCUT2D eigenvalue weighted by Gasteiger charge is 2.35. The van der Waals surface area contributed by atoms with Gasteiger partial charge in [-0.1, -0.05) is 59.1 Å². The van der Waals surface area contributed by atoms with Crippen molar-refractivity contribution < 1.29 is 4.74 Å². The van der Waals surface area contributed by atoms with E-state index in [0.717, 1.165) is 16.9 Å². The highest BCUT2D eigenvalue weighted by Crippen LogP contribution is 2.46. The maximum atomic E-state index is 6.21. The predicted molar refractivity (Wildman–Crippen MR) is 93.4 cm³/mol. The Balaban J connectivity index is 2.41. The molecule has 0 bridgehead atoms. The van der Waals surface area contributed by atoms with Gasteiger partial charge >= 0.3 is 0 Å². The molecule has 0 spiro atoms. The average molecular weight is 362 g/mol. The third-order valence-electron chi connectivity index (χ3n) is 3.23. The Morgan fingerprint density at radius 3 is 1.76 bits per heavy atom. The van der Waals surface area contributed by atoms with Gasteiger partial charge in [0.05, 0.1) is 13.0 Å². The second-order valence-corrected chi connectivity index (χ2v) is 7.77. The van der Waals surface area contributed by atoms with Crippen LogP contribution in [-0.2, 0) is 0 Å². The highest BCUT2D eigenvalue weighted by atomic mass is 35.6. The number of ether oxygens (including phenoxy) is 1. The molecule has 21 heavy (non-hydrogen) atoms. The van der Waals surface area contributed by atoms with Gasteiger partial charge in [0.2, 0.25) is 3.79 Å². The van der Waals surface area contributed by atoms with Crippen molar-refractivity contribution in [2.45, 2.75) is 14.6 Å². The van der Waals surface area contributed by atoms with E-state index < -0.39 is 3.79 Å². The van der Waals surface area contributed by atoms with E-state index in [1.54, 1.807) is 18.9 Å². The molecule has 0 amide bonds. The Labute approximate surface area is 144 Å². The summed E-state index contributed by atoms with van der Waals surface area (Å²) in [6.45, 7) is 0. The first kappa shape index (κ1) is 16.8. The fourth-order valence-electron chi connectivity index (χ4n) is 2.16. The quantitative estimate of drug-likeness (QED) is 0.494. The number of halogens is 3. The number of thioether (sulfide) groups is 1. The zero-order chi connectivity index (χ0) is 15.5. The number of hydrogen-bond donors (Lipinski definition) is 0. The molecule has 0 aromatic heterocycles. The summed E-state index contributed by atoms with van der Waals surface area (Å²) in [5.41, 5.74) is 1.91. The Morgan fingerprint density at radius 2 is 1.38 bits per heavy atom. The van der Waals surface area contributed by atoms with Gasteiger partial charge in [0.25, 0.3) is 0 Å². The standard InChI is InChI=1S/C16H15Cl3OS/c1-20-13-7-3-11(4-8-13)15(16(17,18)19)12-5-9-14(21-2)10-6-12/h3-10,15H,1-2H3/t15-/m0/s1. The maximum Gasteiger partial charge on any atom is 0.201 e. The topological polar surface area (TPSA) is 9.23 Å². The number of alkyl halides is 3. The largest absolute Gasteiger partial charge is 0.497 e. The van der Waals surface area contributed by atoms with Crippen molar-refractivity contribution in [3.63, 3.8) is 0 Å². The highest BCUT2D eigenvalue weighted by molar-refractivity contribution is 7.98. The van der Waals surface area contributed by atoms with Gasteiger partial charge in [-0.25, -0.2) is 0 Å². The molecular weight excluding hydrogens is 347 g/mol. The van der Waals surface area contributed by atoms with Crippen LogP contribution in [-0.4, -0.2) is 17.2 Å². The molecule has 0 fully saturated rings. The molecule has 2 aromatic carbocycles. The molecule has 1 atom stereocenters. The van der Waals surface area contributed by atoms with E-state index >= 15 is 0 Å². The van der Waals surface area contributed by atoms with Gasteiger partial charge in [-0.05, 0) is 41.6 Å². The normalized spacial score (nSPS) is 13.0. The van der Waals surface area contributed by atoms with E-state index in [0.29, 0.717) is 0 Å². The Hall–Kier alpha value is -0.540. The molecule has 2 aromatic rings. The predicted octanol–water partition coefficient (Wildman–Crippen LogP) is 5.92. The zero-order valence-electron chi connectivity index (χ0n) is 11.6. The lowest BCUT2D eigenvalue weighted by Crippen LogP contribution is -2.18. The molecule has 2 rings (SSSR count). The molecular formula is C16H15Cl3OS. The fourth-order valence-corrected chi connectivity index (χ4v) is 3.33. The van der Waals surface area contributed by atoms with Crippen LogP contribution in [0, 0.1) is 0 Å². The van der Waals surface area contributed by atoms with Gasteiger partial charge in [-0.15, -0.1) is 11.8 Å². The number of rotatable bonds is 4. The van der Waals surface area contributed by atoms with Crippen molar-refractivity contribution in [1.29, 1.82) is 0 Å². The van der Waals surface area contributed by atoms with Crippen LogP contribution in [0.25, 0.3) is 0 Å². The molecule has 0 radical (unpaired) electrons. The van der Waals surface area contributed by atoms with Gasteiger partial charge in [-0.2, -0.15) is 0 Å². The van der Waals surface area contributed by atoms with Crippen LogP contribution in [0.5, 0.6) is 5.75 Å². The maximum absolute atomic E-state index is 6.21. The van der Waals surface area contributed by atoms with Crippen LogP contribution in [0.2, 0.25) is 0 Å². The Bertz CT molecular complexity index is 528. The van der Waals surface area contributed by atoms with Crippen molar-refractivity contribution in [3.05, 3.63) is 59.7 Å². The van der Waals surface area contributed by atoms with E-state index in [1.165, 1.54) is 4.90 Å². The molecule has 0 heterocycles. The van der Waals surface area contributed by atoms with Gasteiger partial charge in [-0.3, -0.25) is 0 Å². The summed E-state index contributed by atoms with van der Waals surface area (Å²) >= 11 is 20.3. The van der Waals surface area contributed by atoms with Gasteiger partial charge in [0.15, 0.2) is 0 Å². The summed E-state index contributed by atoms with van der Waals surface area (Å²) in [5, 5.41) is 0. The van der Waals surface area contributed by atoms with Crippen LogP contribution in [0.4, 0.5) is 0 Å². The fraction of sp³-hybridized carbons (Fsp3) is 0.250. The minimum atomic E-state index is -1.42. The van der Waals surface area contributed by atoms with Crippen LogP contribution in [0.1, 0.15) is 17.0 Å². The van der Waals surface area contributed by atoms with Gasteiger partial charge in [0, 0.05) is 4.90 Å². The minimum absolute atomic E-state index is 0.329. The number of methoxy groups -OCH3 is 1. The molecule has 0 aliphatic rings. The third-order valence-corrected chi connectivity index (χ3v) is 4.62. The van der Waals surface area contributed by atoms with Crippen molar-refractivity contribution in [2.24, 2.45) is 0 Å². The molecule has 0 N–H and O–H groups in total. The zero-order valence-corrected chi connectivity index (χ0v) is 14.7. The molecule has 5 heteroatoms. The van der Waals surface area contributed by atoms with Gasteiger partial charge in [0.1, 0.15) is 5.75 Å². The molecule has 1 nitrogen and oxygen atoms in total. The number of benzene rings is 2. The summed E-state index contributed by atoms with van der Waals surface area (Å²) in [4.78, 5) is 1.18. The van der Waals surface area contributed by atoms with Gasteiger partial charge < -0.3 is 4.74 Å². The number of hydrogen-bond acceptors (Lipinski definition) is 2. The molecule has 0 saturated carbocycles. The summed E-state index contributed by atoms with van der Waals surface area (Å²) in [5.74, 6) is 0.448. The van der Waals surface area contributed by atoms with Crippen LogP contribution in [0.15, 0.2) is 53.4 Å². The van der Waals surface area contributed by atoms with Crippen molar-refractivity contribution in [3.8, 4) is 5.75 Å². The van der Waals surface area contributed by atoms with Crippen LogP contribution in [0.3, 0.4) is 0 Å². The molecule has 112 valence electrons. The molecule has 0 aliphatic carbocycles. The minimum Gasteiger partial charge on any atom is -0.497 e. The molecule has 0 unspecified atom stereocenters. The van der Waals surface area contributed by atoms with Crippen molar-refractivity contribution in [2.75, 3.05) is 13.4 Å². The lowest BCUT2D eigenvalue weighted by Gasteiger charge is -2.25. The third kappa shape index (κ3) is 4.23. The lowest BCUT2D eigenvalue weighted by molar-refractivity contribution is 0.414. The summed E-state index contributed by atoms with van der Waals surface area (Å²) in [6, 6.07) is 15.7. The second kappa shape index (κ2) is 7.15. The van der Waals surface area contributed by atoms with Crippen molar-refractivity contribution in [1.82, 2.24) is 0 Å². The van der Waals surface area contributed by atoms with Crippen LogP contribution >= 0.6 is 46.6 Å². The summed E-state index contributed by atoms with van der Waals surface area (Å²) in [7, 11) is 1.63. The SMILES string of the molecule is COc1ccc([C@@H](c2ccc(SC)cc2)C(Cl)(Cl)Cl)cc1. The molecule has 0 saturated heterocycles. The van der Waals surface area contributed by atoms with Crippen LogP contribution < -0.4 is 4.74 Å². The van der Waals surface area contributed by atoms with E-state index in [-0.39, 0.29) is 5.92 Å². The van der Waals surface area contributed by atoms with E-state index in [1.807, 2.05) is 54.8 Å². The van der Waals surface area contributed by atoms with E-state index in [2.05, 4.69) is 0 Å². The first-order valence-corrected chi connectivity index (χ1v) is 8.66.